The van der Waals surface area contributed by atoms with Crippen LogP contribution >= 0.6 is 0 Å². The summed E-state index contributed by atoms with van der Waals surface area (Å²) in [6.07, 6.45) is 0. The summed E-state index contributed by atoms with van der Waals surface area (Å²) in [7, 11) is -3.80. The Hall–Kier alpha value is -1.40. The van der Waals surface area contributed by atoms with Crippen molar-refractivity contribution in [2.24, 2.45) is 10.6 Å². The number of nitrogens with one attached hydrogen (secondary N) is 1. The molecule has 0 heterocycles. The Morgan fingerprint density at radius 3 is 2.32 bits per heavy atom. The van der Waals surface area contributed by atoms with Gasteiger partial charge in [0, 0.05) is 12.1 Å². The molecule has 0 saturated carbocycles. The van der Waals surface area contributed by atoms with Gasteiger partial charge in [0.1, 0.15) is 0 Å². The topological polar surface area (TPSA) is 89.3 Å². The van der Waals surface area contributed by atoms with Gasteiger partial charge in [-0.25, -0.2) is 13.6 Å². The van der Waals surface area contributed by atoms with E-state index in [9.17, 15) is 13.2 Å². The minimum atomic E-state index is -3.80. The third-order valence-corrected chi connectivity index (χ3v) is 3.31. The van der Waals surface area contributed by atoms with E-state index < -0.39 is 10.0 Å². The fourth-order valence-electron chi connectivity index (χ4n) is 1.49. The highest BCUT2D eigenvalue weighted by atomic mass is 32.2. The maximum Gasteiger partial charge on any atom is 0.251 e. The summed E-state index contributed by atoms with van der Waals surface area (Å²) < 4.78 is 22.6. The van der Waals surface area contributed by atoms with Crippen LogP contribution in [-0.2, 0) is 10.0 Å². The molecule has 6 heteroatoms. The first-order valence-corrected chi connectivity index (χ1v) is 7.46. The lowest BCUT2D eigenvalue weighted by molar-refractivity contribution is 0.0939. The number of benzene rings is 1. The van der Waals surface area contributed by atoms with Crippen molar-refractivity contribution < 1.29 is 13.2 Å². The molecule has 0 atom stereocenters. The molecule has 1 rings (SSSR count). The Kier molecular flexibility index (Phi) is 4.37. The molecule has 0 aliphatic heterocycles. The molecule has 0 saturated heterocycles. The largest absolute Gasteiger partial charge is 0.352 e. The van der Waals surface area contributed by atoms with E-state index in [2.05, 4.69) is 5.32 Å². The molecule has 0 aliphatic carbocycles. The molecule has 0 aromatic heterocycles. The average Bonchev–Trinajstić information content (AvgIpc) is 2.22. The molecule has 1 amide bonds. The molecule has 1 aromatic carbocycles. The SMILES string of the molecule is Cc1cc(C(=O)NCC(C)(C)C)cc(S(N)(=O)=O)c1. The molecule has 106 valence electrons. The first kappa shape index (κ1) is 15.7. The number of carbonyl (C=O) groups excluding carboxylic acids is 1. The van der Waals surface area contributed by atoms with E-state index in [1.165, 1.54) is 12.1 Å². The van der Waals surface area contributed by atoms with Crippen molar-refractivity contribution in [3.8, 4) is 0 Å². The zero-order chi connectivity index (χ0) is 14.8. The molecule has 19 heavy (non-hydrogen) atoms. The van der Waals surface area contributed by atoms with Crippen molar-refractivity contribution in [3.05, 3.63) is 29.3 Å². The Balaban J connectivity index is 3.02. The smallest absolute Gasteiger partial charge is 0.251 e. The number of amides is 1. The zero-order valence-corrected chi connectivity index (χ0v) is 12.5. The fraction of sp³-hybridized carbons (Fsp3) is 0.462. The summed E-state index contributed by atoms with van der Waals surface area (Å²) in [4.78, 5) is 11.9. The molecule has 0 bridgehead atoms. The van der Waals surface area contributed by atoms with E-state index in [1.807, 2.05) is 20.8 Å². The normalized spacial score (nSPS) is 12.3. The van der Waals surface area contributed by atoms with Gasteiger partial charge in [0.25, 0.3) is 5.91 Å². The summed E-state index contributed by atoms with van der Waals surface area (Å²) in [5.74, 6) is -0.302. The molecule has 3 N–H and O–H groups in total. The van der Waals surface area contributed by atoms with E-state index in [4.69, 9.17) is 5.14 Å². The van der Waals surface area contributed by atoms with Gasteiger partial charge in [0.05, 0.1) is 4.90 Å². The van der Waals surface area contributed by atoms with Crippen molar-refractivity contribution in [3.63, 3.8) is 0 Å². The summed E-state index contributed by atoms with van der Waals surface area (Å²) >= 11 is 0. The number of hydrogen-bond acceptors (Lipinski definition) is 3. The highest BCUT2D eigenvalue weighted by molar-refractivity contribution is 7.89. The second kappa shape index (κ2) is 5.30. The Morgan fingerprint density at radius 2 is 1.84 bits per heavy atom. The molecule has 0 unspecified atom stereocenters. The number of rotatable bonds is 3. The number of primary sulfonamides is 1. The minimum Gasteiger partial charge on any atom is -0.352 e. The lowest BCUT2D eigenvalue weighted by Gasteiger charge is -2.18. The molecule has 1 aromatic rings. The number of sulfonamides is 1. The van der Waals surface area contributed by atoms with E-state index in [0.29, 0.717) is 17.7 Å². The molecular formula is C13H20N2O3S. The highest BCUT2D eigenvalue weighted by Crippen LogP contribution is 2.15. The van der Waals surface area contributed by atoms with Crippen LogP contribution in [0.3, 0.4) is 0 Å². The van der Waals surface area contributed by atoms with Gasteiger partial charge in [-0.05, 0) is 36.1 Å². The van der Waals surface area contributed by atoms with Gasteiger partial charge in [-0.1, -0.05) is 20.8 Å². The summed E-state index contributed by atoms with van der Waals surface area (Å²) in [6.45, 7) is 8.22. The van der Waals surface area contributed by atoms with Crippen LogP contribution in [0.2, 0.25) is 0 Å². The van der Waals surface area contributed by atoms with E-state index in [1.54, 1.807) is 13.0 Å². The van der Waals surface area contributed by atoms with Gasteiger partial charge >= 0.3 is 0 Å². The number of nitrogens with two attached hydrogens (primary N) is 1. The third-order valence-electron chi connectivity index (χ3n) is 2.42. The van der Waals surface area contributed by atoms with Crippen molar-refractivity contribution in [2.75, 3.05) is 6.54 Å². The quantitative estimate of drug-likeness (QED) is 0.879. The van der Waals surface area contributed by atoms with Crippen molar-refractivity contribution in [2.45, 2.75) is 32.6 Å². The maximum absolute atomic E-state index is 12.0. The molecule has 0 fully saturated rings. The number of hydrogen-bond donors (Lipinski definition) is 2. The van der Waals surface area contributed by atoms with Crippen LogP contribution in [0.5, 0.6) is 0 Å². The van der Waals surface area contributed by atoms with Crippen LogP contribution < -0.4 is 10.5 Å². The lowest BCUT2D eigenvalue weighted by Crippen LogP contribution is -2.32. The van der Waals surface area contributed by atoms with Gasteiger partial charge in [-0.15, -0.1) is 0 Å². The van der Waals surface area contributed by atoms with Crippen LogP contribution in [0.15, 0.2) is 23.1 Å². The van der Waals surface area contributed by atoms with E-state index in [0.717, 1.165) is 0 Å². The number of aryl methyl sites for hydroxylation is 1. The maximum atomic E-state index is 12.0. The van der Waals surface area contributed by atoms with Crippen molar-refractivity contribution in [1.82, 2.24) is 5.32 Å². The standard InChI is InChI=1S/C13H20N2O3S/c1-9-5-10(7-11(6-9)19(14,17)18)12(16)15-8-13(2,3)4/h5-7H,8H2,1-4H3,(H,15,16)(H2,14,17,18). The van der Waals surface area contributed by atoms with Gasteiger partial charge in [0.15, 0.2) is 0 Å². The van der Waals surface area contributed by atoms with Crippen LogP contribution in [0, 0.1) is 12.3 Å². The highest BCUT2D eigenvalue weighted by Gasteiger charge is 2.16. The van der Waals surface area contributed by atoms with Crippen molar-refractivity contribution in [1.29, 1.82) is 0 Å². The van der Waals surface area contributed by atoms with E-state index >= 15 is 0 Å². The van der Waals surface area contributed by atoms with Crippen LogP contribution in [0.25, 0.3) is 0 Å². The fourth-order valence-corrected chi connectivity index (χ4v) is 2.13. The lowest BCUT2D eigenvalue weighted by atomic mass is 9.97. The Morgan fingerprint density at radius 1 is 1.26 bits per heavy atom. The van der Waals surface area contributed by atoms with Crippen LogP contribution in [-0.4, -0.2) is 20.9 Å². The van der Waals surface area contributed by atoms with Gasteiger partial charge in [-0.2, -0.15) is 0 Å². The molecule has 0 aliphatic rings. The number of carbonyl (C=O) groups is 1. The summed E-state index contributed by atoms with van der Waals surface area (Å²) in [5.41, 5.74) is 0.933. The third kappa shape index (κ3) is 5.00. The summed E-state index contributed by atoms with van der Waals surface area (Å²) in [5, 5.41) is 7.85. The molecule has 0 radical (unpaired) electrons. The van der Waals surface area contributed by atoms with Crippen LogP contribution in [0.1, 0.15) is 36.7 Å². The average molecular weight is 284 g/mol. The second-order valence-electron chi connectivity index (χ2n) is 5.82. The first-order valence-electron chi connectivity index (χ1n) is 5.92. The monoisotopic (exact) mass is 284 g/mol. The van der Waals surface area contributed by atoms with Crippen molar-refractivity contribution >= 4 is 15.9 Å². The predicted octanol–water partition coefficient (Wildman–Crippen LogP) is 1.42. The Labute approximate surface area is 114 Å². The van der Waals surface area contributed by atoms with Gasteiger partial charge in [0.2, 0.25) is 10.0 Å². The summed E-state index contributed by atoms with van der Waals surface area (Å²) in [6, 6.07) is 4.36. The first-order chi connectivity index (χ1) is 8.49. The van der Waals surface area contributed by atoms with Gasteiger partial charge < -0.3 is 5.32 Å². The van der Waals surface area contributed by atoms with Gasteiger partial charge in [-0.3, -0.25) is 4.79 Å². The predicted molar refractivity (Wildman–Crippen MR) is 74.3 cm³/mol. The Bertz CT molecular complexity index is 586. The van der Waals surface area contributed by atoms with E-state index in [-0.39, 0.29) is 16.2 Å². The van der Waals surface area contributed by atoms with Crippen LogP contribution in [0.4, 0.5) is 0 Å². The molecule has 0 spiro atoms. The second-order valence-corrected chi connectivity index (χ2v) is 7.38. The zero-order valence-electron chi connectivity index (χ0n) is 11.6. The molecular weight excluding hydrogens is 264 g/mol. The molecule has 5 nitrogen and oxygen atoms in total. The minimum absolute atomic E-state index is 0.0394.